The highest BCUT2D eigenvalue weighted by atomic mass is 16.3. The highest BCUT2D eigenvalue weighted by Crippen LogP contribution is 2.62. The van der Waals surface area contributed by atoms with Gasteiger partial charge in [-0.3, -0.25) is 0 Å². The minimum Gasteiger partial charge on any atom is -0.393 e. The molecule has 4 aliphatic rings. The molecule has 0 aromatic carbocycles. The van der Waals surface area contributed by atoms with E-state index in [0.717, 1.165) is 37.0 Å². The van der Waals surface area contributed by atoms with Crippen LogP contribution >= 0.6 is 0 Å². The Morgan fingerprint density at radius 1 is 1.10 bits per heavy atom. The third-order valence-electron chi connectivity index (χ3n) is 7.69. The molecule has 1 unspecified atom stereocenters. The number of rotatable bonds is 0. The third-order valence-corrected chi connectivity index (χ3v) is 7.69. The maximum atomic E-state index is 10.5. The van der Waals surface area contributed by atoms with Crippen molar-refractivity contribution in [2.24, 2.45) is 35.0 Å². The molecule has 0 aliphatic heterocycles. The lowest BCUT2D eigenvalue weighted by atomic mass is 9.50. The number of allylic oxidation sites excluding steroid dienone is 1. The molecular weight excluding hydrogens is 260 g/mol. The summed E-state index contributed by atoms with van der Waals surface area (Å²) >= 11 is 0. The van der Waals surface area contributed by atoms with Crippen molar-refractivity contribution in [3.8, 4) is 0 Å². The summed E-state index contributed by atoms with van der Waals surface area (Å²) in [5.41, 5.74) is 1.74. The molecule has 3 saturated carbocycles. The maximum Gasteiger partial charge on any atom is 0.0596 e. The molecule has 0 aromatic rings. The average Bonchev–Trinajstić information content (AvgIpc) is 2.74. The quantitative estimate of drug-likeness (QED) is 0.670. The molecule has 4 aliphatic carbocycles. The molecule has 2 heteroatoms. The van der Waals surface area contributed by atoms with Crippen molar-refractivity contribution in [1.29, 1.82) is 0 Å². The molecule has 0 bridgehead atoms. The smallest absolute Gasteiger partial charge is 0.0596 e. The summed E-state index contributed by atoms with van der Waals surface area (Å²) in [5.74, 6) is 3.66. The Morgan fingerprint density at radius 3 is 2.71 bits per heavy atom. The van der Waals surface area contributed by atoms with Crippen LogP contribution in [0.25, 0.3) is 0 Å². The first kappa shape index (κ1) is 14.3. The fourth-order valence-corrected chi connectivity index (χ4v) is 6.63. The van der Waals surface area contributed by atoms with E-state index in [0.29, 0.717) is 11.8 Å². The fraction of sp³-hybridized carbons (Fsp3) is 0.895. The van der Waals surface area contributed by atoms with Gasteiger partial charge in [0.15, 0.2) is 0 Å². The van der Waals surface area contributed by atoms with E-state index < -0.39 is 0 Å². The summed E-state index contributed by atoms with van der Waals surface area (Å²) in [6, 6.07) is 0. The second-order valence-electron chi connectivity index (χ2n) is 8.63. The van der Waals surface area contributed by atoms with Crippen LogP contribution < -0.4 is 0 Å². The van der Waals surface area contributed by atoms with Crippen LogP contribution in [0.3, 0.4) is 0 Å². The predicted molar refractivity (Wildman–Crippen MR) is 83.6 cm³/mol. The topological polar surface area (TPSA) is 40.5 Å². The first-order valence-corrected chi connectivity index (χ1v) is 9.07. The first-order chi connectivity index (χ1) is 10.0. The van der Waals surface area contributed by atoms with E-state index in [1.807, 2.05) is 0 Å². The van der Waals surface area contributed by atoms with Crippen molar-refractivity contribution in [3.05, 3.63) is 11.6 Å². The van der Waals surface area contributed by atoms with Crippen LogP contribution in [0.1, 0.15) is 58.8 Å². The molecule has 0 spiro atoms. The Hall–Kier alpha value is -0.340. The summed E-state index contributed by atoms with van der Waals surface area (Å²) in [5, 5.41) is 20.5. The molecule has 0 heterocycles. The zero-order valence-corrected chi connectivity index (χ0v) is 13.5. The average molecular weight is 290 g/mol. The Morgan fingerprint density at radius 2 is 1.90 bits per heavy atom. The van der Waals surface area contributed by atoms with Gasteiger partial charge in [-0.25, -0.2) is 0 Å². The van der Waals surface area contributed by atoms with Crippen LogP contribution in [0.2, 0.25) is 0 Å². The van der Waals surface area contributed by atoms with Crippen molar-refractivity contribution >= 4 is 0 Å². The van der Waals surface area contributed by atoms with Crippen LogP contribution in [0.5, 0.6) is 0 Å². The molecule has 0 amide bonds. The fourth-order valence-electron chi connectivity index (χ4n) is 6.63. The van der Waals surface area contributed by atoms with Gasteiger partial charge in [0.1, 0.15) is 0 Å². The number of hydrogen-bond acceptors (Lipinski definition) is 2. The van der Waals surface area contributed by atoms with Crippen molar-refractivity contribution in [2.45, 2.75) is 71.0 Å². The van der Waals surface area contributed by atoms with Gasteiger partial charge in [0, 0.05) is 0 Å². The molecular formula is C19H30O2. The Labute approximate surface area is 128 Å². The number of aliphatic hydroxyl groups excluding tert-OH is 2. The van der Waals surface area contributed by atoms with Crippen LogP contribution in [0.15, 0.2) is 11.6 Å². The molecule has 2 N–H and O–H groups in total. The van der Waals surface area contributed by atoms with Crippen LogP contribution in [0.4, 0.5) is 0 Å². The van der Waals surface area contributed by atoms with Gasteiger partial charge in [0.25, 0.3) is 0 Å². The lowest BCUT2D eigenvalue weighted by Crippen LogP contribution is -2.49. The molecule has 4 rings (SSSR count). The minimum atomic E-state index is -0.0987. The lowest BCUT2D eigenvalue weighted by Gasteiger charge is -2.55. The molecule has 0 saturated heterocycles. The maximum absolute atomic E-state index is 10.5. The van der Waals surface area contributed by atoms with Gasteiger partial charge in [-0.2, -0.15) is 0 Å². The lowest BCUT2D eigenvalue weighted by molar-refractivity contribution is -0.0629. The number of aliphatic hydroxyl groups is 2. The standard InChI is InChI=1S/C19H30O2/c1-11-9-12-10-13(20)3-4-14(12)15-7-8-19(2)16(18(11)15)5-6-17(19)21/h9,11,13-18,20-21H,3-8,10H2,1-2H3/t11-,13+,14+,15-,16+,17?,18-,19+/m1/s1. The SMILES string of the molecule is C[C@@H]1C=C2C[C@@H](O)CC[C@@H]2[C@H]2CC[C@]3(C)C(O)CC[C@H]3[C@@H]21. The summed E-state index contributed by atoms with van der Waals surface area (Å²) in [7, 11) is 0. The van der Waals surface area contributed by atoms with E-state index >= 15 is 0 Å². The van der Waals surface area contributed by atoms with E-state index in [1.54, 1.807) is 5.57 Å². The van der Waals surface area contributed by atoms with E-state index in [9.17, 15) is 10.2 Å². The van der Waals surface area contributed by atoms with Crippen molar-refractivity contribution in [1.82, 2.24) is 0 Å². The monoisotopic (exact) mass is 290 g/mol. The van der Waals surface area contributed by atoms with Gasteiger partial charge in [0.2, 0.25) is 0 Å². The first-order valence-electron chi connectivity index (χ1n) is 9.07. The summed E-state index contributed by atoms with van der Waals surface area (Å²) in [6.45, 7) is 4.74. The van der Waals surface area contributed by atoms with Gasteiger partial charge in [-0.1, -0.05) is 25.5 Å². The normalized spacial score (nSPS) is 56.2. The van der Waals surface area contributed by atoms with Crippen LogP contribution in [0, 0.1) is 35.0 Å². The van der Waals surface area contributed by atoms with Gasteiger partial charge in [-0.15, -0.1) is 0 Å². The summed E-state index contributed by atoms with van der Waals surface area (Å²) < 4.78 is 0. The number of hydrogen-bond donors (Lipinski definition) is 2. The number of fused-ring (bicyclic) bond motifs is 5. The second-order valence-corrected chi connectivity index (χ2v) is 8.63. The summed E-state index contributed by atoms with van der Waals surface area (Å²) in [6.07, 6.45) is 10.2. The molecule has 0 aromatic heterocycles. The van der Waals surface area contributed by atoms with Crippen molar-refractivity contribution < 1.29 is 10.2 Å². The molecule has 118 valence electrons. The zero-order valence-electron chi connectivity index (χ0n) is 13.5. The van der Waals surface area contributed by atoms with Gasteiger partial charge < -0.3 is 10.2 Å². The van der Waals surface area contributed by atoms with Crippen LogP contribution in [-0.2, 0) is 0 Å². The highest BCUT2D eigenvalue weighted by molar-refractivity contribution is 5.21. The Kier molecular flexibility index (Phi) is 3.28. The Balaban J connectivity index is 1.67. The molecule has 21 heavy (non-hydrogen) atoms. The van der Waals surface area contributed by atoms with Gasteiger partial charge in [0.05, 0.1) is 12.2 Å². The van der Waals surface area contributed by atoms with E-state index in [-0.39, 0.29) is 17.6 Å². The minimum absolute atomic E-state index is 0.0748. The molecule has 3 fully saturated rings. The van der Waals surface area contributed by atoms with Gasteiger partial charge in [-0.05, 0) is 80.0 Å². The zero-order chi connectivity index (χ0) is 14.8. The van der Waals surface area contributed by atoms with Crippen molar-refractivity contribution in [2.75, 3.05) is 0 Å². The molecule has 0 radical (unpaired) electrons. The third kappa shape index (κ3) is 1.98. The van der Waals surface area contributed by atoms with E-state index in [2.05, 4.69) is 19.9 Å². The van der Waals surface area contributed by atoms with Crippen LogP contribution in [-0.4, -0.2) is 22.4 Å². The molecule has 2 nitrogen and oxygen atoms in total. The van der Waals surface area contributed by atoms with E-state index in [4.69, 9.17) is 0 Å². The Bertz CT molecular complexity index is 456. The second kappa shape index (κ2) is 4.83. The van der Waals surface area contributed by atoms with Crippen molar-refractivity contribution in [3.63, 3.8) is 0 Å². The molecule has 8 atom stereocenters. The summed E-state index contributed by atoms with van der Waals surface area (Å²) in [4.78, 5) is 0. The van der Waals surface area contributed by atoms with Gasteiger partial charge >= 0.3 is 0 Å². The predicted octanol–water partition coefficient (Wildman–Crippen LogP) is 3.53. The highest BCUT2D eigenvalue weighted by Gasteiger charge is 2.57. The largest absolute Gasteiger partial charge is 0.393 e. The van der Waals surface area contributed by atoms with E-state index in [1.165, 1.54) is 25.7 Å².